The summed E-state index contributed by atoms with van der Waals surface area (Å²) in [5.41, 5.74) is 0. The maximum absolute atomic E-state index is 11.4. The molecule has 1 amide bonds. The van der Waals surface area contributed by atoms with E-state index in [1.165, 1.54) is 17.7 Å². The smallest absolute Gasteiger partial charge is 0.220 e. The van der Waals surface area contributed by atoms with Crippen molar-refractivity contribution in [3.63, 3.8) is 0 Å². The summed E-state index contributed by atoms with van der Waals surface area (Å²) in [6, 6.07) is 2.01. The van der Waals surface area contributed by atoms with Gasteiger partial charge in [-0.1, -0.05) is 0 Å². The van der Waals surface area contributed by atoms with Crippen LogP contribution >= 0.6 is 27.3 Å². The first-order chi connectivity index (χ1) is 6.75. The van der Waals surface area contributed by atoms with Crippen LogP contribution in [-0.4, -0.2) is 5.91 Å². The lowest BCUT2D eigenvalue weighted by atomic mass is 10.3. The third-order valence-corrected chi connectivity index (χ3v) is 4.23. The first-order valence-electron chi connectivity index (χ1n) is 4.74. The number of rotatable bonds is 4. The molecule has 0 atom stereocenters. The van der Waals surface area contributed by atoms with Crippen LogP contribution in [0.4, 0.5) is 0 Å². The molecule has 2 rings (SSSR count). The van der Waals surface area contributed by atoms with Gasteiger partial charge >= 0.3 is 0 Å². The largest absolute Gasteiger partial charge is 0.351 e. The van der Waals surface area contributed by atoms with Gasteiger partial charge in [0.05, 0.1) is 6.54 Å². The molecule has 1 heterocycles. The van der Waals surface area contributed by atoms with E-state index in [4.69, 9.17) is 0 Å². The van der Waals surface area contributed by atoms with Crippen molar-refractivity contribution in [3.05, 3.63) is 20.8 Å². The highest BCUT2D eigenvalue weighted by Crippen LogP contribution is 2.32. The molecule has 1 aliphatic carbocycles. The van der Waals surface area contributed by atoms with Crippen LogP contribution < -0.4 is 5.32 Å². The zero-order valence-electron chi connectivity index (χ0n) is 7.75. The van der Waals surface area contributed by atoms with Gasteiger partial charge in [0.2, 0.25) is 5.91 Å². The Morgan fingerprint density at radius 1 is 1.64 bits per heavy atom. The Morgan fingerprint density at radius 3 is 3.00 bits per heavy atom. The fourth-order valence-electron chi connectivity index (χ4n) is 1.29. The average Bonchev–Trinajstić information content (AvgIpc) is 2.86. The Labute approximate surface area is 95.8 Å². The van der Waals surface area contributed by atoms with Gasteiger partial charge < -0.3 is 5.32 Å². The first-order valence-corrected chi connectivity index (χ1v) is 6.41. The Kier molecular flexibility index (Phi) is 3.23. The summed E-state index contributed by atoms with van der Waals surface area (Å²) in [7, 11) is 0. The van der Waals surface area contributed by atoms with E-state index in [9.17, 15) is 4.79 Å². The van der Waals surface area contributed by atoms with Gasteiger partial charge in [-0.25, -0.2) is 0 Å². The molecule has 0 saturated heterocycles. The van der Waals surface area contributed by atoms with E-state index in [1.807, 2.05) is 11.4 Å². The van der Waals surface area contributed by atoms with E-state index < -0.39 is 0 Å². The maximum atomic E-state index is 11.4. The maximum Gasteiger partial charge on any atom is 0.220 e. The molecular weight excluding hydrogens is 262 g/mol. The van der Waals surface area contributed by atoms with Gasteiger partial charge in [-0.2, -0.15) is 0 Å². The first kappa shape index (κ1) is 10.2. The lowest BCUT2D eigenvalue weighted by Gasteiger charge is -2.02. The minimum atomic E-state index is 0.188. The Balaban J connectivity index is 1.76. The number of hydrogen-bond donors (Lipinski definition) is 1. The summed E-state index contributed by atoms with van der Waals surface area (Å²) in [6.07, 6.45) is 3.18. The van der Waals surface area contributed by atoms with Gasteiger partial charge in [0.25, 0.3) is 0 Å². The highest BCUT2D eigenvalue weighted by Gasteiger charge is 2.24. The molecular formula is C10H12BrNOS. The van der Waals surface area contributed by atoms with Crippen molar-refractivity contribution in [1.82, 2.24) is 5.32 Å². The molecule has 1 N–H and O–H groups in total. The fraction of sp³-hybridized carbons (Fsp3) is 0.500. The van der Waals surface area contributed by atoms with E-state index >= 15 is 0 Å². The third-order valence-electron chi connectivity index (χ3n) is 2.31. The van der Waals surface area contributed by atoms with Crippen molar-refractivity contribution in [2.24, 2.45) is 5.92 Å². The van der Waals surface area contributed by atoms with Crippen molar-refractivity contribution >= 4 is 33.2 Å². The predicted molar refractivity (Wildman–Crippen MR) is 61.2 cm³/mol. The molecule has 0 spiro atoms. The van der Waals surface area contributed by atoms with Crippen LogP contribution in [-0.2, 0) is 11.3 Å². The Hall–Kier alpha value is -0.350. The van der Waals surface area contributed by atoms with Crippen LogP contribution in [0.2, 0.25) is 0 Å². The standard InChI is InChI=1S/C10H12BrNOS/c11-8-3-4-14-9(8)6-12-10(13)5-7-1-2-7/h3-4,7H,1-2,5-6H2,(H,12,13). The van der Waals surface area contributed by atoms with E-state index in [1.54, 1.807) is 11.3 Å². The summed E-state index contributed by atoms with van der Waals surface area (Å²) < 4.78 is 1.09. The summed E-state index contributed by atoms with van der Waals surface area (Å²) in [4.78, 5) is 12.6. The molecule has 14 heavy (non-hydrogen) atoms. The Morgan fingerprint density at radius 2 is 2.43 bits per heavy atom. The molecule has 1 fully saturated rings. The summed E-state index contributed by atoms with van der Waals surface area (Å²) in [6.45, 7) is 0.657. The van der Waals surface area contributed by atoms with Crippen molar-refractivity contribution in [2.45, 2.75) is 25.8 Å². The molecule has 1 aromatic heterocycles. The lowest BCUT2D eigenvalue weighted by molar-refractivity contribution is -0.121. The van der Waals surface area contributed by atoms with Crippen LogP contribution in [0.25, 0.3) is 0 Å². The lowest BCUT2D eigenvalue weighted by Crippen LogP contribution is -2.22. The quantitative estimate of drug-likeness (QED) is 0.898. The van der Waals surface area contributed by atoms with Crippen LogP contribution in [0.3, 0.4) is 0 Å². The monoisotopic (exact) mass is 273 g/mol. The molecule has 1 aliphatic rings. The van der Waals surface area contributed by atoms with Crippen molar-refractivity contribution in [2.75, 3.05) is 0 Å². The van der Waals surface area contributed by atoms with Crippen molar-refractivity contribution in [3.8, 4) is 0 Å². The van der Waals surface area contributed by atoms with E-state index in [0.717, 1.165) is 4.47 Å². The molecule has 0 aliphatic heterocycles. The van der Waals surface area contributed by atoms with Gasteiger partial charge in [-0.15, -0.1) is 11.3 Å². The predicted octanol–water partition coefficient (Wildman–Crippen LogP) is 2.93. The van der Waals surface area contributed by atoms with Crippen LogP contribution in [0.5, 0.6) is 0 Å². The third kappa shape index (κ3) is 2.82. The minimum Gasteiger partial charge on any atom is -0.351 e. The van der Waals surface area contributed by atoms with E-state index in [-0.39, 0.29) is 5.91 Å². The number of hydrogen-bond acceptors (Lipinski definition) is 2. The zero-order valence-corrected chi connectivity index (χ0v) is 10.2. The van der Waals surface area contributed by atoms with Gasteiger partial charge in [-0.05, 0) is 46.1 Å². The van der Waals surface area contributed by atoms with E-state index in [2.05, 4.69) is 21.2 Å². The molecule has 0 radical (unpaired) electrons. The SMILES string of the molecule is O=C(CC1CC1)NCc1sccc1Br. The van der Waals surface area contributed by atoms with Gasteiger partial charge in [-0.3, -0.25) is 4.79 Å². The highest BCUT2D eigenvalue weighted by molar-refractivity contribution is 9.10. The van der Waals surface area contributed by atoms with E-state index in [0.29, 0.717) is 18.9 Å². The topological polar surface area (TPSA) is 29.1 Å². The van der Waals surface area contributed by atoms with Gasteiger partial charge in [0, 0.05) is 15.8 Å². The van der Waals surface area contributed by atoms with Crippen LogP contribution in [0.15, 0.2) is 15.9 Å². The Bertz CT molecular complexity index is 333. The molecule has 2 nitrogen and oxygen atoms in total. The van der Waals surface area contributed by atoms with Crippen molar-refractivity contribution < 1.29 is 4.79 Å². The minimum absolute atomic E-state index is 0.188. The number of halogens is 1. The zero-order chi connectivity index (χ0) is 9.97. The average molecular weight is 274 g/mol. The highest BCUT2D eigenvalue weighted by atomic mass is 79.9. The fourth-order valence-corrected chi connectivity index (χ4v) is 2.72. The summed E-state index contributed by atoms with van der Waals surface area (Å²) in [5.74, 6) is 0.856. The van der Waals surface area contributed by atoms with Crippen molar-refractivity contribution in [1.29, 1.82) is 0 Å². The number of carbonyl (C=O) groups is 1. The van der Waals surface area contributed by atoms with Crippen LogP contribution in [0, 0.1) is 5.92 Å². The van der Waals surface area contributed by atoms with Gasteiger partial charge in [0.15, 0.2) is 0 Å². The summed E-state index contributed by atoms with van der Waals surface area (Å²) in [5, 5.41) is 4.96. The molecule has 0 aromatic carbocycles. The summed E-state index contributed by atoms with van der Waals surface area (Å²) >= 11 is 5.10. The van der Waals surface area contributed by atoms with Crippen LogP contribution in [0.1, 0.15) is 24.1 Å². The number of nitrogens with one attached hydrogen (secondary N) is 1. The molecule has 4 heteroatoms. The second-order valence-corrected chi connectivity index (χ2v) is 5.47. The second kappa shape index (κ2) is 4.45. The molecule has 0 unspecified atom stereocenters. The number of thiophene rings is 1. The molecule has 76 valence electrons. The number of carbonyl (C=O) groups excluding carboxylic acids is 1. The second-order valence-electron chi connectivity index (χ2n) is 3.62. The van der Waals surface area contributed by atoms with Gasteiger partial charge in [0.1, 0.15) is 0 Å². The molecule has 1 saturated carbocycles. The normalized spacial score (nSPS) is 15.5. The molecule has 0 bridgehead atoms. The molecule has 1 aromatic rings. The number of amides is 1.